The molecule has 3 heteroatoms. The molecule has 0 unspecified atom stereocenters. The van der Waals surface area contributed by atoms with Crippen molar-refractivity contribution in [3.8, 4) is 0 Å². The van der Waals surface area contributed by atoms with Crippen LogP contribution in [0.15, 0.2) is 18.2 Å². The highest BCUT2D eigenvalue weighted by molar-refractivity contribution is 5.71. The molecular weight excluding hydrogens is 188 g/mol. The smallest absolute Gasteiger partial charge is 0.314 e. The van der Waals surface area contributed by atoms with Gasteiger partial charge in [-0.05, 0) is 36.0 Å². The van der Waals surface area contributed by atoms with Gasteiger partial charge in [-0.2, -0.15) is 0 Å². The van der Waals surface area contributed by atoms with Gasteiger partial charge in [-0.3, -0.25) is 0 Å². The first kappa shape index (κ1) is 10.0. The minimum Gasteiger partial charge on any atom is -0.351 e. The molecule has 2 rings (SSSR count). The normalized spacial score (nSPS) is 13.7. The number of benzene rings is 1. The van der Waals surface area contributed by atoms with Gasteiger partial charge >= 0.3 is 6.03 Å². The van der Waals surface area contributed by atoms with Gasteiger partial charge in [0.05, 0.1) is 0 Å². The van der Waals surface area contributed by atoms with E-state index in [1.807, 2.05) is 0 Å². The molecule has 3 nitrogen and oxygen atoms in total. The summed E-state index contributed by atoms with van der Waals surface area (Å²) in [6.07, 6.45) is 3.62. The molecule has 2 N–H and O–H groups in total. The van der Waals surface area contributed by atoms with E-state index in [9.17, 15) is 4.79 Å². The van der Waals surface area contributed by atoms with Gasteiger partial charge in [-0.25, -0.2) is 4.79 Å². The molecule has 1 aromatic carbocycles. The van der Waals surface area contributed by atoms with Gasteiger partial charge in [0.15, 0.2) is 0 Å². The Morgan fingerprint density at radius 3 is 2.87 bits per heavy atom. The maximum absolute atomic E-state index is 10.9. The number of urea groups is 1. The number of carbonyl (C=O) groups excluding carboxylic acids is 1. The zero-order valence-corrected chi connectivity index (χ0v) is 8.99. The van der Waals surface area contributed by atoms with Crippen molar-refractivity contribution >= 4 is 6.03 Å². The molecule has 0 bridgehead atoms. The fraction of sp³-hybridized carbons (Fsp3) is 0.417. The molecule has 0 aromatic heterocycles. The summed E-state index contributed by atoms with van der Waals surface area (Å²) in [7, 11) is 1.72. The van der Waals surface area contributed by atoms with Crippen molar-refractivity contribution < 1.29 is 4.79 Å². The Bertz CT molecular complexity index is 387. The first-order valence-corrected chi connectivity index (χ1v) is 5.28. The number of hydrogen-bond acceptors (Lipinski definition) is 1. The highest BCUT2D eigenvalue weighted by atomic mass is 16.2. The monoisotopic (exact) mass is 204 g/mol. The van der Waals surface area contributed by atoms with Crippen LogP contribution in [0, 0.1) is 0 Å². The van der Waals surface area contributed by atoms with Gasteiger partial charge in [0, 0.05) is 13.6 Å². The molecule has 1 aliphatic carbocycles. The lowest BCUT2D eigenvalue weighted by molar-refractivity contribution is 0.216. The number of nitrogens with two attached hydrogens (primary N) is 1. The van der Waals surface area contributed by atoms with Crippen molar-refractivity contribution in [3.63, 3.8) is 0 Å². The van der Waals surface area contributed by atoms with E-state index in [1.54, 1.807) is 7.05 Å². The molecule has 1 aromatic rings. The Morgan fingerprint density at radius 1 is 1.40 bits per heavy atom. The van der Waals surface area contributed by atoms with Crippen LogP contribution in [0.25, 0.3) is 0 Å². The number of fused-ring (bicyclic) bond motifs is 1. The van der Waals surface area contributed by atoms with Crippen LogP contribution in [-0.4, -0.2) is 18.0 Å². The molecule has 0 spiro atoms. The Morgan fingerprint density at radius 2 is 2.13 bits per heavy atom. The summed E-state index contributed by atoms with van der Waals surface area (Å²) in [5.74, 6) is 0. The third-order valence-corrected chi connectivity index (χ3v) is 2.96. The van der Waals surface area contributed by atoms with E-state index in [1.165, 1.54) is 35.3 Å². The van der Waals surface area contributed by atoms with Gasteiger partial charge in [0.25, 0.3) is 0 Å². The predicted octanol–water partition coefficient (Wildman–Crippen LogP) is 1.69. The summed E-state index contributed by atoms with van der Waals surface area (Å²) in [6.45, 7) is 0.600. The third kappa shape index (κ3) is 2.12. The number of aryl methyl sites for hydroxylation is 2. The molecule has 0 radical (unpaired) electrons. The lowest BCUT2D eigenvalue weighted by Gasteiger charge is -2.14. The number of carbonyl (C=O) groups is 1. The van der Waals surface area contributed by atoms with Crippen molar-refractivity contribution in [2.24, 2.45) is 5.73 Å². The first-order valence-electron chi connectivity index (χ1n) is 5.28. The van der Waals surface area contributed by atoms with Crippen LogP contribution in [0.3, 0.4) is 0 Å². The molecular formula is C12H16N2O. The lowest BCUT2D eigenvalue weighted by Crippen LogP contribution is -2.31. The molecule has 80 valence electrons. The molecule has 0 heterocycles. The van der Waals surface area contributed by atoms with Crippen LogP contribution in [0.5, 0.6) is 0 Å². The second-order valence-electron chi connectivity index (χ2n) is 4.15. The summed E-state index contributed by atoms with van der Waals surface area (Å²) >= 11 is 0. The molecule has 15 heavy (non-hydrogen) atoms. The van der Waals surface area contributed by atoms with Gasteiger partial charge in [0.2, 0.25) is 0 Å². The fourth-order valence-electron chi connectivity index (χ4n) is 2.08. The second-order valence-corrected chi connectivity index (χ2v) is 4.15. The molecule has 0 fully saturated rings. The van der Waals surface area contributed by atoms with E-state index >= 15 is 0 Å². The highest BCUT2D eigenvalue weighted by Crippen LogP contribution is 2.23. The van der Waals surface area contributed by atoms with Crippen LogP contribution in [0.2, 0.25) is 0 Å². The number of nitrogens with zero attached hydrogens (tertiary/aromatic N) is 1. The Kier molecular flexibility index (Phi) is 2.62. The van der Waals surface area contributed by atoms with Crippen molar-refractivity contribution in [2.45, 2.75) is 25.8 Å². The summed E-state index contributed by atoms with van der Waals surface area (Å²) in [5.41, 5.74) is 9.24. The Balaban J connectivity index is 2.13. The second kappa shape index (κ2) is 3.93. The molecule has 0 aliphatic heterocycles. The maximum atomic E-state index is 10.9. The molecule has 1 aliphatic rings. The highest BCUT2D eigenvalue weighted by Gasteiger charge is 2.11. The minimum absolute atomic E-state index is 0.379. The Labute approximate surface area is 89.9 Å². The van der Waals surface area contributed by atoms with Crippen LogP contribution < -0.4 is 5.73 Å². The van der Waals surface area contributed by atoms with Crippen LogP contribution in [0.4, 0.5) is 4.79 Å². The maximum Gasteiger partial charge on any atom is 0.314 e. The average Bonchev–Trinajstić information content (AvgIpc) is 2.64. The third-order valence-electron chi connectivity index (χ3n) is 2.96. The SMILES string of the molecule is CN(Cc1ccc2c(c1)CCC2)C(N)=O. The zero-order chi connectivity index (χ0) is 10.8. The summed E-state index contributed by atoms with van der Waals surface area (Å²) in [6, 6.07) is 6.08. The van der Waals surface area contributed by atoms with Gasteiger partial charge in [0.1, 0.15) is 0 Å². The minimum atomic E-state index is -0.379. The van der Waals surface area contributed by atoms with Gasteiger partial charge in [-0.15, -0.1) is 0 Å². The van der Waals surface area contributed by atoms with Gasteiger partial charge < -0.3 is 10.6 Å². The van der Waals surface area contributed by atoms with E-state index in [0.29, 0.717) is 6.54 Å². The van der Waals surface area contributed by atoms with Crippen LogP contribution in [-0.2, 0) is 19.4 Å². The predicted molar refractivity (Wildman–Crippen MR) is 59.5 cm³/mol. The fourth-order valence-corrected chi connectivity index (χ4v) is 2.08. The number of amides is 2. The topological polar surface area (TPSA) is 46.3 Å². The first-order chi connectivity index (χ1) is 7.16. The lowest BCUT2D eigenvalue weighted by atomic mass is 10.1. The average molecular weight is 204 g/mol. The van der Waals surface area contributed by atoms with Crippen LogP contribution in [0.1, 0.15) is 23.1 Å². The van der Waals surface area contributed by atoms with Crippen molar-refractivity contribution in [2.75, 3.05) is 7.05 Å². The molecule has 2 amide bonds. The molecule has 0 saturated heterocycles. The van der Waals surface area contributed by atoms with Crippen molar-refractivity contribution in [1.82, 2.24) is 4.90 Å². The number of rotatable bonds is 2. The van der Waals surface area contributed by atoms with E-state index < -0.39 is 0 Å². The zero-order valence-electron chi connectivity index (χ0n) is 8.99. The van der Waals surface area contributed by atoms with E-state index in [2.05, 4.69) is 18.2 Å². The molecule has 0 saturated carbocycles. The van der Waals surface area contributed by atoms with Gasteiger partial charge in [-0.1, -0.05) is 18.2 Å². The summed E-state index contributed by atoms with van der Waals surface area (Å²) in [4.78, 5) is 12.4. The number of hydrogen-bond donors (Lipinski definition) is 1. The van der Waals surface area contributed by atoms with E-state index in [4.69, 9.17) is 5.73 Å². The van der Waals surface area contributed by atoms with Crippen molar-refractivity contribution in [1.29, 1.82) is 0 Å². The largest absolute Gasteiger partial charge is 0.351 e. The standard InChI is InChI=1S/C12H16N2O/c1-14(12(13)15)8-9-5-6-10-3-2-4-11(10)7-9/h5-7H,2-4,8H2,1H3,(H2,13,15). The van der Waals surface area contributed by atoms with E-state index in [-0.39, 0.29) is 6.03 Å². The summed E-state index contributed by atoms with van der Waals surface area (Å²) < 4.78 is 0. The Hall–Kier alpha value is -1.51. The summed E-state index contributed by atoms with van der Waals surface area (Å²) in [5, 5.41) is 0. The quantitative estimate of drug-likeness (QED) is 0.782. The van der Waals surface area contributed by atoms with Crippen LogP contribution >= 0.6 is 0 Å². The molecule has 0 atom stereocenters. The number of primary amides is 1. The van der Waals surface area contributed by atoms with Crippen molar-refractivity contribution in [3.05, 3.63) is 34.9 Å². The van der Waals surface area contributed by atoms with E-state index in [0.717, 1.165) is 5.56 Å².